The Kier molecular flexibility index (Phi) is 6.36. The lowest BCUT2D eigenvalue weighted by Crippen LogP contribution is -2.28. The van der Waals surface area contributed by atoms with Crippen LogP contribution < -0.4 is 10.1 Å². The van der Waals surface area contributed by atoms with Crippen molar-refractivity contribution in [2.45, 2.75) is 25.6 Å². The molecule has 1 saturated heterocycles. The number of halogens is 3. The molecule has 1 N–H and O–H groups in total. The van der Waals surface area contributed by atoms with Crippen molar-refractivity contribution in [2.24, 2.45) is 0 Å². The van der Waals surface area contributed by atoms with Crippen LogP contribution in [0.5, 0.6) is 11.5 Å². The molecule has 0 bridgehead atoms. The molecule has 1 fully saturated rings. The van der Waals surface area contributed by atoms with Gasteiger partial charge in [0, 0.05) is 24.1 Å². The maximum Gasteiger partial charge on any atom is 0.416 e. The smallest absolute Gasteiger partial charge is 0.416 e. The second-order valence-electron chi connectivity index (χ2n) is 7.68. The third kappa shape index (κ3) is 5.43. The second-order valence-corrected chi connectivity index (χ2v) is 7.68. The summed E-state index contributed by atoms with van der Waals surface area (Å²) in [6, 6.07) is 17.3. The van der Waals surface area contributed by atoms with Crippen LogP contribution in [0.4, 0.5) is 18.9 Å². The van der Waals surface area contributed by atoms with Crippen LogP contribution in [0, 0.1) is 0 Å². The van der Waals surface area contributed by atoms with Crippen LogP contribution in [-0.2, 0) is 22.3 Å². The SMILES string of the molecule is O=C(Nc1ccc(CN2C(=O)CCC2=O)cc1)c1cccc(Oc2cccc(C(F)(F)F)c2)c1. The molecule has 0 saturated carbocycles. The number of nitrogens with zero attached hydrogens (tertiary/aromatic N) is 1. The molecular formula is C25H19F3N2O4. The maximum atomic E-state index is 12.9. The van der Waals surface area contributed by atoms with Crippen molar-refractivity contribution >= 4 is 23.4 Å². The van der Waals surface area contributed by atoms with E-state index >= 15 is 0 Å². The standard InChI is InChI=1S/C25H19F3N2O4/c26-25(27,28)18-4-2-6-21(14-18)34-20-5-1-3-17(13-20)24(33)29-19-9-7-16(8-10-19)15-30-22(31)11-12-23(30)32/h1-10,13-14H,11-12,15H2,(H,29,33). The van der Waals surface area contributed by atoms with Gasteiger partial charge in [0.2, 0.25) is 11.8 Å². The zero-order chi connectivity index (χ0) is 24.3. The average molecular weight is 468 g/mol. The van der Waals surface area contributed by atoms with Gasteiger partial charge in [-0.25, -0.2) is 0 Å². The van der Waals surface area contributed by atoms with Gasteiger partial charge in [0.25, 0.3) is 5.91 Å². The summed E-state index contributed by atoms with van der Waals surface area (Å²) in [5, 5.41) is 2.73. The lowest BCUT2D eigenvalue weighted by atomic mass is 10.1. The summed E-state index contributed by atoms with van der Waals surface area (Å²) < 4.78 is 44.2. The summed E-state index contributed by atoms with van der Waals surface area (Å²) in [6.07, 6.45) is -4.04. The largest absolute Gasteiger partial charge is 0.457 e. The summed E-state index contributed by atoms with van der Waals surface area (Å²) in [5.74, 6) is -0.628. The Labute approximate surface area is 192 Å². The molecule has 3 amide bonds. The van der Waals surface area contributed by atoms with E-state index in [0.29, 0.717) is 5.69 Å². The zero-order valence-corrected chi connectivity index (χ0v) is 17.8. The molecule has 34 heavy (non-hydrogen) atoms. The summed E-state index contributed by atoms with van der Waals surface area (Å²) in [5.41, 5.74) is 0.665. The van der Waals surface area contributed by atoms with Crippen molar-refractivity contribution in [2.75, 3.05) is 5.32 Å². The first-order valence-electron chi connectivity index (χ1n) is 10.4. The minimum Gasteiger partial charge on any atom is -0.457 e. The van der Waals surface area contributed by atoms with Crippen LogP contribution in [0.3, 0.4) is 0 Å². The molecule has 4 rings (SSSR count). The summed E-state index contributed by atoms with van der Waals surface area (Å²) in [4.78, 5) is 37.4. The van der Waals surface area contributed by atoms with Gasteiger partial charge in [-0.15, -0.1) is 0 Å². The number of nitrogens with one attached hydrogen (secondary N) is 1. The van der Waals surface area contributed by atoms with E-state index in [-0.39, 0.29) is 48.3 Å². The second kappa shape index (κ2) is 9.38. The van der Waals surface area contributed by atoms with Crippen molar-refractivity contribution in [3.05, 3.63) is 89.5 Å². The Hall–Kier alpha value is -4.14. The van der Waals surface area contributed by atoms with Crippen molar-refractivity contribution in [1.82, 2.24) is 4.90 Å². The molecule has 3 aromatic carbocycles. The molecular weight excluding hydrogens is 449 g/mol. The highest BCUT2D eigenvalue weighted by Crippen LogP contribution is 2.33. The zero-order valence-electron chi connectivity index (χ0n) is 17.8. The molecule has 9 heteroatoms. The van der Waals surface area contributed by atoms with Gasteiger partial charge < -0.3 is 10.1 Å². The third-order valence-corrected chi connectivity index (χ3v) is 5.20. The van der Waals surface area contributed by atoms with Crippen molar-refractivity contribution in [3.8, 4) is 11.5 Å². The molecule has 0 radical (unpaired) electrons. The van der Waals surface area contributed by atoms with Crippen LogP contribution in [-0.4, -0.2) is 22.6 Å². The molecule has 0 aromatic heterocycles. The van der Waals surface area contributed by atoms with Gasteiger partial charge in [0.15, 0.2) is 0 Å². The number of carbonyl (C=O) groups excluding carboxylic acids is 3. The van der Waals surface area contributed by atoms with Crippen LogP contribution in [0.25, 0.3) is 0 Å². The fourth-order valence-corrected chi connectivity index (χ4v) is 3.45. The number of hydrogen-bond acceptors (Lipinski definition) is 4. The van der Waals surface area contributed by atoms with Gasteiger partial charge in [0.1, 0.15) is 11.5 Å². The Balaban J connectivity index is 1.41. The van der Waals surface area contributed by atoms with Crippen LogP contribution in [0.2, 0.25) is 0 Å². The first-order chi connectivity index (χ1) is 16.2. The Morgan fingerprint density at radius 1 is 0.882 bits per heavy atom. The summed E-state index contributed by atoms with van der Waals surface area (Å²) in [7, 11) is 0. The molecule has 0 atom stereocenters. The highest BCUT2D eigenvalue weighted by atomic mass is 19.4. The van der Waals surface area contributed by atoms with Gasteiger partial charge in [-0.3, -0.25) is 19.3 Å². The first kappa shape index (κ1) is 23.0. The van der Waals surface area contributed by atoms with E-state index in [1.807, 2.05) is 0 Å². The van der Waals surface area contributed by atoms with E-state index in [4.69, 9.17) is 4.74 Å². The molecule has 3 aromatic rings. The van der Waals surface area contributed by atoms with Crippen molar-refractivity contribution in [1.29, 1.82) is 0 Å². The Morgan fingerprint density at radius 2 is 1.50 bits per heavy atom. The molecule has 174 valence electrons. The number of amides is 3. The minimum atomic E-state index is -4.49. The predicted molar refractivity (Wildman–Crippen MR) is 117 cm³/mol. The van der Waals surface area contributed by atoms with Crippen LogP contribution in [0.1, 0.15) is 34.3 Å². The number of imide groups is 1. The fraction of sp³-hybridized carbons (Fsp3) is 0.160. The highest BCUT2D eigenvalue weighted by molar-refractivity contribution is 6.04. The van der Waals surface area contributed by atoms with Gasteiger partial charge >= 0.3 is 6.18 Å². The van der Waals surface area contributed by atoms with E-state index in [1.165, 1.54) is 29.2 Å². The number of likely N-dealkylation sites (tertiary alicyclic amines) is 1. The molecule has 0 unspecified atom stereocenters. The third-order valence-electron chi connectivity index (χ3n) is 5.20. The van der Waals surface area contributed by atoms with Gasteiger partial charge in [-0.1, -0.05) is 24.3 Å². The topological polar surface area (TPSA) is 75.7 Å². The number of hydrogen-bond donors (Lipinski definition) is 1. The van der Waals surface area contributed by atoms with E-state index in [2.05, 4.69) is 5.32 Å². The Morgan fingerprint density at radius 3 is 2.15 bits per heavy atom. The van der Waals surface area contributed by atoms with Crippen LogP contribution in [0.15, 0.2) is 72.8 Å². The number of anilines is 1. The maximum absolute atomic E-state index is 12.9. The predicted octanol–water partition coefficient (Wildman–Crippen LogP) is 5.40. The summed E-state index contributed by atoms with van der Waals surface area (Å²) >= 11 is 0. The molecule has 6 nitrogen and oxygen atoms in total. The highest BCUT2D eigenvalue weighted by Gasteiger charge is 2.31. The lowest BCUT2D eigenvalue weighted by Gasteiger charge is -2.14. The Bertz CT molecular complexity index is 1220. The number of ether oxygens (including phenoxy) is 1. The molecule has 1 aliphatic heterocycles. The molecule has 0 aliphatic carbocycles. The number of carbonyl (C=O) groups is 3. The normalized spacial score (nSPS) is 13.8. The fourth-order valence-electron chi connectivity index (χ4n) is 3.45. The van der Waals surface area contributed by atoms with Gasteiger partial charge in [-0.05, 0) is 54.1 Å². The lowest BCUT2D eigenvalue weighted by molar-refractivity contribution is -0.139. The number of rotatable bonds is 6. The van der Waals surface area contributed by atoms with E-state index in [9.17, 15) is 27.6 Å². The number of alkyl halides is 3. The number of benzene rings is 3. The minimum absolute atomic E-state index is 0.00191. The monoisotopic (exact) mass is 468 g/mol. The van der Waals surface area contributed by atoms with Crippen molar-refractivity contribution < 1.29 is 32.3 Å². The van der Waals surface area contributed by atoms with Gasteiger partial charge in [0.05, 0.1) is 12.1 Å². The van der Waals surface area contributed by atoms with Gasteiger partial charge in [-0.2, -0.15) is 13.2 Å². The summed E-state index contributed by atoms with van der Waals surface area (Å²) in [6.45, 7) is 0.181. The first-order valence-corrected chi connectivity index (χ1v) is 10.4. The molecule has 1 aliphatic rings. The van der Waals surface area contributed by atoms with E-state index < -0.39 is 17.6 Å². The molecule has 0 spiro atoms. The van der Waals surface area contributed by atoms with E-state index in [0.717, 1.165) is 17.7 Å². The quantitative estimate of drug-likeness (QED) is 0.492. The van der Waals surface area contributed by atoms with Crippen molar-refractivity contribution in [3.63, 3.8) is 0 Å². The van der Waals surface area contributed by atoms with E-state index in [1.54, 1.807) is 36.4 Å². The average Bonchev–Trinajstić information content (AvgIpc) is 3.12. The molecule has 1 heterocycles. The van der Waals surface area contributed by atoms with Crippen LogP contribution >= 0.6 is 0 Å².